The predicted octanol–water partition coefficient (Wildman–Crippen LogP) is 2.52. The van der Waals surface area contributed by atoms with Crippen LogP contribution in [0.4, 0.5) is 4.79 Å². The molecule has 1 saturated heterocycles. The molecule has 0 spiro atoms. The van der Waals surface area contributed by atoms with Gasteiger partial charge in [0.05, 0.1) is 0 Å². The molecule has 1 N–H and O–H groups in total. The maximum atomic E-state index is 12.2. The van der Waals surface area contributed by atoms with Crippen LogP contribution in [0, 0.1) is 0 Å². The van der Waals surface area contributed by atoms with E-state index in [2.05, 4.69) is 5.32 Å². The molecule has 3 amide bonds. The SMILES string of the molecule is CC(NC(=O)OCC1c2ccccc2-c2ccccc21)C(=O)ON1C(=O)CCC1=O. The second-order valence-electron chi connectivity index (χ2n) is 7.18. The van der Waals surface area contributed by atoms with Crippen LogP contribution in [0.3, 0.4) is 0 Å². The molecule has 1 unspecified atom stereocenters. The Bertz CT molecular complexity index is 972. The van der Waals surface area contributed by atoms with E-state index in [0.29, 0.717) is 5.06 Å². The highest BCUT2D eigenvalue weighted by atomic mass is 16.7. The van der Waals surface area contributed by atoms with E-state index in [-0.39, 0.29) is 25.4 Å². The van der Waals surface area contributed by atoms with Crippen LogP contribution in [0.1, 0.15) is 36.8 Å². The molecule has 1 aliphatic carbocycles. The van der Waals surface area contributed by atoms with Gasteiger partial charge in [-0.3, -0.25) is 9.59 Å². The Hall–Kier alpha value is -3.68. The molecular formula is C22H20N2O6. The molecule has 2 aromatic carbocycles. The van der Waals surface area contributed by atoms with Gasteiger partial charge in [-0.15, -0.1) is 5.06 Å². The molecule has 30 heavy (non-hydrogen) atoms. The van der Waals surface area contributed by atoms with Crippen molar-refractivity contribution in [3.8, 4) is 11.1 Å². The second-order valence-corrected chi connectivity index (χ2v) is 7.18. The molecule has 2 aliphatic rings. The number of carbonyl (C=O) groups excluding carboxylic acids is 4. The Morgan fingerprint density at radius 3 is 2.10 bits per heavy atom. The number of benzene rings is 2. The van der Waals surface area contributed by atoms with Gasteiger partial charge in [-0.1, -0.05) is 48.5 Å². The molecule has 8 heteroatoms. The highest BCUT2D eigenvalue weighted by Gasteiger charge is 2.34. The number of ether oxygens (including phenoxy) is 1. The number of hydroxylamine groups is 2. The lowest BCUT2D eigenvalue weighted by Gasteiger charge is -2.18. The first-order chi connectivity index (χ1) is 14.5. The third kappa shape index (κ3) is 3.63. The number of fused-ring (bicyclic) bond motifs is 3. The van der Waals surface area contributed by atoms with Gasteiger partial charge >= 0.3 is 12.1 Å². The van der Waals surface area contributed by atoms with Crippen molar-refractivity contribution in [2.75, 3.05) is 6.61 Å². The molecule has 8 nitrogen and oxygen atoms in total. The van der Waals surface area contributed by atoms with Crippen LogP contribution in [0.2, 0.25) is 0 Å². The average Bonchev–Trinajstić information content (AvgIpc) is 3.24. The minimum absolute atomic E-state index is 0.000299. The number of hydrogen-bond acceptors (Lipinski definition) is 6. The van der Waals surface area contributed by atoms with E-state index in [1.54, 1.807) is 0 Å². The molecule has 4 rings (SSSR count). The van der Waals surface area contributed by atoms with Gasteiger partial charge in [0.15, 0.2) is 0 Å². The van der Waals surface area contributed by atoms with Gasteiger partial charge in [-0.25, -0.2) is 9.59 Å². The van der Waals surface area contributed by atoms with Crippen LogP contribution in [-0.4, -0.2) is 41.6 Å². The normalized spacial score (nSPS) is 16.1. The number of carbonyl (C=O) groups is 4. The van der Waals surface area contributed by atoms with Gasteiger partial charge in [0.2, 0.25) is 0 Å². The molecule has 0 aromatic heterocycles. The van der Waals surface area contributed by atoms with E-state index in [4.69, 9.17) is 9.57 Å². The minimum atomic E-state index is -1.10. The number of imide groups is 1. The molecular weight excluding hydrogens is 388 g/mol. The summed E-state index contributed by atoms with van der Waals surface area (Å²) in [7, 11) is 0. The molecule has 1 atom stereocenters. The summed E-state index contributed by atoms with van der Waals surface area (Å²) in [6.07, 6.45) is -0.791. The van der Waals surface area contributed by atoms with Crippen molar-refractivity contribution < 1.29 is 28.8 Å². The van der Waals surface area contributed by atoms with E-state index >= 15 is 0 Å². The number of amides is 3. The van der Waals surface area contributed by atoms with Gasteiger partial charge in [0, 0.05) is 18.8 Å². The molecule has 1 fully saturated rings. The third-order valence-corrected chi connectivity index (χ3v) is 5.22. The Labute approximate surface area is 172 Å². The van der Waals surface area contributed by atoms with Crippen LogP contribution in [0.25, 0.3) is 11.1 Å². The van der Waals surface area contributed by atoms with Crippen molar-refractivity contribution in [1.29, 1.82) is 0 Å². The van der Waals surface area contributed by atoms with Gasteiger partial charge < -0.3 is 14.9 Å². The number of rotatable bonds is 5. The number of nitrogens with zero attached hydrogens (tertiary/aromatic N) is 1. The summed E-state index contributed by atoms with van der Waals surface area (Å²) in [6, 6.07) is 14.8. The van der Waals surface area contributed by atoms with Crippen molar-refractivity contribution in [3.05, 3.63) is 59.7 Å². The molecule has 1 aliphatic heterocycles. The maximum Gasteiger partial charge on any atom is 0.407 e. The second kappa shape index (κ2) is 7.98. The Kier molecular flexibility index (Phi) is 5.22. The third-order valence-electron chi connectivity index (χ3n) is 5.22. The topological polar surface area (TPSA) is 102 Å². The van der Waals surface area contributed by atoms with Gasteiger partial charge in [-0.2, -0.15) is 0 Å². The monoisotopic (exact) mass is 408 g/mol. The van der Waals surface area contributed by atoms with Crippen molar-refractivity contribution >= 4 is 23.9 Å². The fourth-order valence-corrected chi connectivity index (χ4v) is 3.70. The van der Waals surface area contributed by atoms with Crippen molar-refractivity contribution in [2.24, 2.45) is 0 Å². The lowest BCUT2D eigenvalue weighted by molar-refractivity contribution is -0.198. The lowest BCUT2D eigenvalue weighted by Crippen LogP contribution is -2.44. The fraction of sp³-hybridized carbons (Fsp3) is 0.273. The Morgan fingerprint density at radius 2 is 1.53 bits per heavy atom. The quantitative estimate of drug-likeness (QED) is 0.763. The summed E-state index contributed by atoms with van der Waals surface area (Å²) in [5.41, 5.74) is 4.37. The average molecular weight is 408 g/mol. The zero-order valence-electron chi connectivity index (χ0n) is 16.3. The largest absolute Gasteiger partial charge is 0.449 e. The summed E-state index contributed by atoms with van der Waals surface area (Å²) >= 11 is 0. The van der Waals surface area contributed by atoms with E-state index in [0.717, 1.165) is 22.3 Å². The molecule has 0 radical (unpaired) electrons. The summed E-state index contributed by atoms with van der Waals surface area (Å²) in [6.45, 7) is 1.49. The van der Waals surface area contributed by atoms with E-state index in [1.807, 2.05) is 48.5 Å². The summed E-state index contributed by atoms with van der Waals surface area (Å²) in [5.74, 6) is -2.19. The zero-order valence-corrected chi connectivity index (χ0v) is 16.3. The predicted molar refractivity (Wildman–Crippen MR) is 105 cm³/mol. The first-order valence-electron chi connectivity index (χ1n) is 9.65. The number of alkyl carbamates (subject to hydrolysis) is 1. The Balaban J connectivity index is 1.35. The first kappa shape index (κ1) is 19.6. The van der Waals surface area contributed by atoms with E-state index < -0.39 is 29.9 Å². The van der Waals surface area contributed by atoms with Crippen LogP contribution in [-0.2, 0) is 24.0 Å². The summed E-state index contributed by atoms with van der Waals surface area (Å²) in [5, 5.41) is 2.81. The van der Waals surface area contributed by atoms with Gasteiger partial charge in [0.25, 0.3) is 11.8 Å². The summed E-state index contributed by atoms with van der Waals surface area (Å²) in [4.78, 5) is 52.1. The number of nitrogens with one attached hydrogen (secondary N) is 1. The molecule has 1 heterocycles. The Morgan fingerprint density at radius 1 is 1.00 bits per heavy atom. The molecule has 2 aromatic rings. The number of hydrogen-bond donors (Lipinski definition) is 1. The maximum absolute atomic E-state index is 12.2. The first-order valence-corrected chi connectivity index (χ1v) is 9.65. The lowest BCUT2D eigenvalue weighted by atomic mass is 9.98. The van der Waals surface area contributed by atoms with Crippen LogP contribution in [0.15, 0.2) is 48.5 Å². The van der Waals surface area contributed by atoms with Crippen molar-refractivity contribution in [3.63, 3.8) is 0 Å². The fourth-order valence-electron chi connectivity index (χ4n) is 3.70. The van der Waals surface area contributed by atoms with E-state index in [9.17, 15) is 19.2 Å². The molecule has 154 valence electrons. The highest BCUT2D eigenvalue weighted by molar-refractivity contribution is 6.01. The van der Waals surface area contributed by atoms with Crippen LogP contribution >= 0.6 is 0 Å². The minimum Gasteiger partial charge on any atom is -0.449 e. The molecule has 0 saturated carbocycles. The smallest absolute Gasteiger partial charge is 0.407 e. The zero-order chi connectivity index (χ0) is 21.3. The van der Waals surface area contributed by atoms with E-state index in [1.165, 1.54) is 6.92 Å². The van der Waals surface area contributed by atoms with Crippen molar-refractivity contribution in [1.82, 2.24) is 10.4 Å². The highest BCUT2D eigenvalue weighted by Crippen LogP contribution is 2.44. The van der Waals surface area contributed by atoms with Crippen LogP contribution in [0.5, 0.6) is 0 Å². The molecule has 0 bridgehead atoms. The van der Waals surface area contributed by atoms with Crippen molar-refractivity contribution in [2.45, 2.75) is 31.7 Å². The van der Waals surface area contributed by atoms with Gasteiger partial charge in [0.1, 0.15) is 12.6 Å². The summed E-state index contributed by atoms with van der Waals surface area (Å²) < 4.78 is 5.37. The van der Waals surface area contributed by atoms with Crippen LogP contribution < -0.4 is 5.32 Å². The standard InChI is InChI=1S/C22H20N2O6/c1-13(21(27)30-24-19(25)10-11-20(24)26)23-22(28)29-12-18-16-8-4-2-6-14(16)15-7-3-5-9-17(15)18/h2-9,13,18H,10-12H2,1H3,(H,23,28). The van der Waals surface area contributed by atoms with Gasteiger partial charge in [-0.05, 0) is 29.2 Å².